The summed E-state index contributed by atoms with van der Waals surface area (Å²) in [4.78, 5) is 38.8. The molecule has 1 atom stereocenters. The van der Waals surface area contributed by atoms with Crippen LogP contribution in [0, 0.1) is 10.1 Å². The zero-order chi connectivity index (χ0) is 21.5. The number of hydrogen-bond donors (Lipinski definition) is 3. The average Bonchev–Trinajstić information content (AvgIpc) is 2.75. The van der Waals surface area contributed by atoms with Crippen molar-refractivity contribution in [2.45, 2.75) is 25.8 Å². The number of non-ortho nitro benzene ring substituents is 1. The fourth-order valence-electron chi connectivity index (χ4n) is 2.77. The highest BCUT2D eigenvalue weighted by Crippen LogP contribution is 2.12. The molecular formula is C20H20N6O4. The third-order valence-corrected chi connectivity index (χ3v) is 4.38. The van der Waals surface area contributed by atoms with E-state index in [0.717, 1.165) is 5.56 Å². The molecule has 30 heavy (non-hydrogen) atoms. The minimum Gasteiger partial charge on any atom is -0.285 e. The molecule has 0 saturated heterocycles. The number of hydrogen-bond acceptors (Lipinski definition) is 7. The molecule has 3 rings (SSSR count). The summed E-state index contributed by atoms with van der Waals surface area (Å²) < 4.78 is 0. The molecule has 1 aliphatic rings. The molecule has 10 heteroatoms. The predicted octanol–water partition coefficient (Wildman–Crippen LogP) is 1.47. The van der Waals surface area contributed by atoms with Crippen molar-refractivity contribution in [3.05, 3.63) is 75.8 Å². The zero-order valence-corrected chi connectivity index (χ0v) is 16.2. The van der Waals surface area contributed by atoms with Crippen LogP contribution in [0.5, 0.6) is 0 Å². The summed E-state index contributed by atoms with van der Waals surface area (Å²) in [7, 11) is 0. The second-order valence-electron chi connectivity index (χ2n) is 6.61. The van der Waals surface area contributed by atoms with Gasteiger partial charge in [0.05, 0.1) is 17.1 Å². The first kappa shape index (κ1) is 20.6. The Kier molecular flexibility index (Phi) is 6.48. The van der Waals surface area contributed by atoms with E-state index in [2.05, 4.69) is 26.4 Å². The molecule has 2 amide bonds. The molecule has 3 N–H and O–H groups in total. The van der Waals surface area contributed by atoms with Gasteiger partial charge in [0.1, 0.15) is 11.9 Å². The van der Waals surface area contributed by atoms with Crippen LogP contribution in [0.4, 0.5) is 5.69 Å². The van der Waals surface area contributed by atoms with Gasteiger partial charge in [0, 0.05) is 18.6 Å². The van der Waals surface area contributed by atoms with Crippen molar-refractivity contribution < 1.29 is 14.5 Å². The summed E-state index contributed by atoms with van der Waals surface area (Å²) in [5.74, 6) is -0.316. The second kappa shape index (κ2) is 9.41. The van der Waals surface area contributed by atoms with Crippen LogP contribution in [0.15, 0.2) is 64.7 Å². The smallest absolute Gasteiger partial charge is 0.269 e. The number of carbonyl (C=O) groups excluding carboxylic acids is 2. The SMILES string of the molecule is CC(=NNC(=O)CC1N=C(Cc2ccccc2)NNC1=O)c1ccc([N+](=O)[O-])cc1. The van der Waals surface area contributed by atoms with Gasteiger partial charge in [0.25, 0.3) is 11.6 Å². The fourth-order valence-corrected chi connectivity index (χ4v) is 2.77. The van der Waals surface area contributed by atoms with Crippen LogP contribution in [0.25, 0.3) is 0 Å². The summed E-state index contributed by atoms with van der Waals surface area (Å²) in [6.07, 6.45) is 0.333. The van der Waals surface area contributed by atoms with Crippen molar-refractivity contribution in [1.29, 1.82) is 0 Å². The topological polar surface area (TPSA) is 138 Å². The molecular weight excluding hydrogens is 388 g/mol. The van der Waals surface area contributed by atoms with E-state index in [0.29, 0.717) is 23.5 Å². The molecule has 0 bridgehead atoms. The van der Waals surface area contributed by atoms with Crippen molar-refractivity contribution in [3.63, 3.8) is 0 Å². The first-order chi connectivity index (χ1) is 14.4. The Bertz CT molecular complexity index is 1000. The maximum atomic E-state index is 12.2. The number of hydrazine groups is 1. The Morgan fingerprint density at radius 3 is 2.53 bits per heavy atom. The molecule has 1 aliphatic heterocycles. The first-order valence-corrected chi connectivity index (χ1v) is 9.17. The van der Waals surface area contributed by atoms with Gasteiger partial charge in [-0.1, -0.05) is 30.3 Å². The third-order valence-electron chi connectivity index (χ3n) is 4.38. The number of amides is 2. The van der Waals surface area contributed by atoms with Gasteiger partial charge in [0.2, 0.25) is 5.91 Å². The number of rotatable bonds is 7. The van der Waals surface area contributed by atoms with E-state index in [1.807, 2.05) is 30.3 Å². The molecule has 2 aromatic rings. The lowest BCUT2D eigenvalue weighted by Crippen LogP contribution is -2.52. The van der Waals surface area contributed by atoms with Gasteiger partial charge < -0.3 is 0 Å². The van der Waals surface area contributed by atoms with Gasteiger partial charge in [-0.2, -0.15) is 5.10 Å². The number of benzene rings is 2. The molecule has 0 aromatic heterocycles. The zero-order valence-electron chi connectivity index (χ0n) is 16.2. The maximum Gasteiger partial charge on any atom is 0.269 e. The lowest BCUT2D eigenvalue weighted by Gasteiger charge is -2.21. The van der Waals surface area contributed by atoms with Gasteiger partial charge in [0.15, 0.2) is 0 Å². The van der Waals surface area contributed by atoms with Crippen molar-refractivity contribution in [2.75, 3.05) is 0 Å². The maximum absolute atomic E-state index is 12.2. The summed E-state index contributed by atoms with van der Waals surface area (Å²) in [5.41, 5.74) is 9.76. The van der Waals surface area contributed by atoms with Gasteiger partial charge in [-0.25, -0.2) is 5.43 Å². The van der Waals surface area contributed by atoms with Gasteiger partial charge in [-0.15, -0.1) is 0 Å². The minimum atomic E-state index is -0.861. The Morgan fingerprint density at radius 1 is 1.17 bits per heavy atom. The second-order valence-corrected chi connectivity index (χ2v) is 6.61. The number of nitro benzene ring substituents is 1. The third kappa shape index (κ3) is 5.47. The monoisotopic (exact) mass is 408 g/mol. The van der Waals surface area contributed by atoms with E-state index in [9.17, 15) is 19.7 Å². The first-order valence-electron chi connectivity index (χ1n) is 9.17. The number of nitrogens with zero attached hydrogens (tertiary/aromatic N) is 3. The number of carbonyl (C=O) groups is 2. The molecule has 0 saturated carbocycles. The molecule has 1 unspecified atom stereocenters. The van der Waals surface area contributed by atoms with E-state index in [4.69, 9.17) is 0 Å². The average molecular weight is 408 g/mol. The Morgan fingerprint density at radius 2 is 1.87 bits per heavy atom. The number of nitrogens with one attached hydrogen (secondary N) is 3. The number of amidine groups is 1. The highest BCUT2D eigenvalue weighted by atomic mass is 16.6. The molecule has 154 valence electrons. The number of hydrazone groups is 1. The van der Waals surface area contributed by atoms with E-state index in [1.165, 1.54) is 12.1 Å². The predicted molar refractivity (Wildman–Crippen MR) is 111 cm³/mol. The molecule has 2 aromatic carbocycles. The van der Waals surface area contributed by atoms with Crippen molar-refractivity contribution in [3.8, 4) is 0 Å². The fraction of sp³-hybridized carbons (Fsp3) is 0.200. The molecule has 0 aliphatic carbocycles. The summed E-state index contributed by atoms with van der Waals surface area (Å²) >= 11 is 0. The van der Waals surface area contributed by atoms with Crippen LogP contribution in [0.3, 0.4) is 0 Å². The Balaban J connectivity index is 1.59. The van der Waals surface area contributed by atoms with Gasteiger partial charge >= 0.3 is 0 Å². The Labute approximate surface area is 172 Å². The van der Waals surface area contributed by atoms with Gasteiger partial charge in [-0.3, -0.25) is 35.5 Å². The lowest BCUT2D eigenvalue weighted by atomic mass is 10.1. The minimum absolute atomic E-state index is 0.0309. The van der Waals surface area contributed by atoms with Crippen LogP contribution >= 0.6 is 0 Å². The van der Waals surface area contributed by atoms with Crippen LogP contribution in [0.1, 0.15) is 24.5 Å². The largest absolute Gasteiger partial charge is 0.285 e. The highest BCUT2D eigenvalue weighted by Gasteiger charge is 2.25. The van der Waals surface area contributed by atoms with E-state index >= 15 is 0 Å². The Hall–Kier alpha value is -4.08. The molecule has 0 radical (unpaired) electrons. The van der Waals surface area contributed by atoms with Crippen molar-refractivity contribution in [2.24, 2.45) is 10.1 Å². The normalized spacial score (nSPS) is 16.2. The van der Waals surface area contributed by atoms with E-state index in [-0.39, 0.29) is 12.1 Å². The summed E-state index contributed by atoms with van der Waals surface area (Å²) in [6.45, 7) is 1.66. The highest BCUT2D eigenvalue weighted by molar-refractivity contribution is 6.00. The van der Waals surface area contributed by atoms with Crippen LogP contribution < -0.4 is 16.3 Å². The van der Waals surface area contributed by atoms with Crippen LogP contribution in [-0.4, -0.2) is 34.3 Å². The van der Waals surface area contributed by atoms with Gasteiger partial charge in [-0.05, 0) is 30.2 Å². The number of aliphatic imine (C=N–C) groups is 1. The number of nitro groups is 1. The van der Waals surface area contributed by atoms with Crippen molar-refractivity contribution in [1.82, 2.24) is 16.3 Å². The van der Waals surface area contributed by atoms with E-state index in [1.54, 1.807) is 19.1 Å². The summed E-state index contributed by atoms with van der Waals surface area (Å²) in [6, 6.07) is 14.6. The van der Waals surface area contributed by atoms with Crippen LogP contribution in [-0.2, 0) is 16.0 Å². The van der Waals surface area contributed by atoms with E-state index < -0.39 is 22.8 Å². The standard InChI is InChI=1S/C20H20N6O4/c1-13(15-7-9-16(10-8-15)26(29)30)22-24-19(27)12-17-20(28)25-23-18(21-17)11-14-5-3-2-4-6-14/h2-10,17H,11-12H2,1H3,(H,21,23)(H,24,27)(H,25,28). The van der Waals surface area contributed by atoms with Crippen molar-refractivity contribution >= 4 is 29.0 Å². The quantitative estimate of drug-likeness (QED) is 0.362. The van der Waals surface area contributed by atoms with Crippen LogP contribution in [0.2, 0.25) is 0 Å². The molecule has 0 spiro atoms. The lowest BCUT2D eigenvalue weighted by molar-refractivity contribution is -0.384. The molecule has 10 nitrogen and oxygen atoms in total. The summed E-state index contributed by atoms with van der Waals surface area (Å²) in [5, 5.41) is 14.7. The molecule has 1 heterocycles. The molecule has 0 fully saturated rings.